The normalized spacial score (nSPS) is 17.0. The number of sulfonamides is 1. The van der Waals surface area contributed by atoms with Gasteiger partial charge in [-0.2, -0.15) is 0 Å². The molecule has 7 heteroatoms. The maximum absolute atomic E-state index is 12.7. The average molecular weight is 350 g/mol. The minimum atomic E-state index is -3.66. The minimum absolute atomic E-state index is 0.105. The molecule has 130 valence electrons. The van der Waals surface area contributed by atoms with Gasteiger partial charge < -0.3 is 9.15 Å². The van der Waals surface area contributed by atoms with Crippen molar-refractivity contribution in [1.82, 2.24) is 9.62 Å². The number of furan rings is 1. The number of likely N-dealkylation sites (tertiary alicyclic amines) is 1. The zero-order valence-electron chi connectivity index (χ0n) is 13.6. The SMILES string of the molecule is COc1ccccc1S(=O)(=O)NCC(c1ccco1)N1CCCC1. The van der Waals surface area contributed by atoms with E-state index in [4.69, 9.17) is 9.15 Å². The smallest absolute Gasteiger partial charge is 0.244 e. The van der Waals surface area contributed by atoms with Gasteiger partial charge in [-0.25, -0.2) is 13.1 Å². The average Bonchev–Trinajstić information content (AvgIpc) is 3.29. The topological polar surface area (TPSA) is 71.8 Å². The Morgan fingerprint density at radius 1 is 1.21 bits per heavy atom. The zero-order chi connectivity index (χ0) is 17.0. The van der Waals surface area contributed by atoms with Gasteiger partial charge in [0.05, 0.1) is 19.4 Å². The number of hydrogen-bond acceptors (Lipinski definition) is 5. The Morgan fingerprint density at radius 3 is 2.62 bits per heavy atom. The third kappa shape index (κ3) is 3.63. The molecule has 1 unspecified atom stereocenters. The van der Waals surface area contributed by atoms with Crippen LogP contribution >= 0.6 is 0 Å². The number of hydrogen-bond donors (Lipinski definition) is 1. The van der Waals surface area contributed by atoms with Gasteiger partial charge >= 0.3 is 0 Å². The van der Waals surface area contributed by atoms with Crippen LogP contribution in [0.15, 0.2) is 52.0 Å². The van der Waals surface area contributed by atoms with Gasteiger partial charge in [-0.05, 0) is 50.2 Å². The van der Waals surface area contributed by atoms with Crippen LogP contribution in [0.3, 0.4) is 0 Å². The first-order valence-electron chi connectivity index (χ1n) is 8.02. The lowest BCUT2D eigenvalue weighted by Gasteiger charge is -2.26. The number of benzene rings is 1. The van der Waals surface area contributed by atoms with Gasteiger partial charge in [0.1, 0.15) is 16.4 Å². The summed E-state index contributed by atoms with van der Waals surface area (Å²) in [5.41, 5.74) is 0. The van der Waals surface area contributed by atoms with Crippen LogP contribution in [-0.4, -0.2) is 40.1 Å². The van der Waals surface area contributed by atoms with E-state index < -0.39 is 10.0 Å². The van der Waals surface area contributed by atoms with E-state index >= 15 is 0 Å². The van der Waals surface area contributed by atoms with Gasteiger partial charge in [0.2, 0.25) is 10.0 Å². The van der Waals surface area contributed by atoms with E-state index in [0.29, 0.717) is 5.75 Å². The van der Waals surface area contributed by atoms with Crippen LogP contribution in [0.25, 0.3) is 0 Å². The monoisotopic (exact) mass is 350 g/mol. The summed E-state index contributed by atoms with van der Waals surface area (Å²) in [6, 6.07) is 10.2. The first-order chi connectivity index (χ1) is 11.6. The number of para-hydroxylation sites is 1. The lowest BCUT2D eigenvalue weighted by molar-refractivity contribution is 0.216. The van der Waals surface area contributed by atoms with Crippen LogP contribution in [0.2, 0.25) is 0 Å². The standard InChI is InChI=1S/C17H22N2O4S/c1-22-16-7-2-3-9-17(16)24(20,21)18-13-14(15-8-6-12-23-15)19-10-4-5-11-19/h2-3,6-9,12,14,18H,4-5,10-11,13H2,1H3. The van der Waals surface area contributed by atoms with Crippen molar-refractivity contribution in [3.8, 4) is 5.75 Å². The summed E-state index contributed by atoms with van der Waals surface area (Å²) in [5.74, 6) is 1.11. The number of rotatable bonds is 7. The maximum Gasteiger partial charge on any atom is 0.244 e. The third-order valence-electron chi connectivity index (χ3n) is 4.28. The van der Waals surface area contributed by atoms with E-state index in [9.17, 15) is 8.42 Å². The molecule has 3 rings (SSSR count). The molecule has 0 radical (unpaired) electrons. The molecule has 0 spiro atoms. The van der Waals surface area contributed by atoms with Gasteiger partial charge in [0, 0.05) is 6.54 Å². The number of nitrogens with one attached hydrogen (secondary N) is 1. The van der Waals surface area contributed by atoms with E-state index in [1.807, 2.05) is 12.1 Å². The second-order valence-corrected chi connectivity index (χ2v) is 7.51. The molecule has 1 atom stereocenters. The van der Waals surface area contributed by atoms with Crippen molar-refractivity contribution in [2.45, 2.75) is 23.8 Å². The van der Waals surface area contributed by atoms with Crippen LogP contribution in [-0.2, 0) is 10.0 Å². The van der Waals surface area contributed by atoms with Crippen LogP contribution in [0, 0.1) is 0 Å². The van der Waals surface area contributed by atoms with Gasteiger partial charge in [-0.15, -0.1) is 0 Å². The summed E-state index contributed by atoms with van der Waals surface area (Å²) in [6.45, 7) is 2.15. The second-order valence-electron chi connectivity index (χ2n) is 5.78. The fourth-order valence-electron chi connectivity index (χ4n) is 3.05. The summed E-state index contributed by atoms with van der Waals surface area (Å²) < 4.78 is 38.7. The van der Waals surface area contributed by atoms with Gasteiger partial charge in [-0.1, -0.05) is 12.1 Å². The number of methoxy groups -OCH3 is 1. The summed E-state index contributed by atoms with van der Waals surface area (Å²) in [4.78, 5) is 2.40. The molecule has 0 amide bonds. The van der Waals surface area contributed by atoms with Crippen molar-refractivity contribution in [3.63, 3.8) is 0 Å². The fourth-order valence-corrected chi connectivity index (χ4v) is 4.26. The third-order valence-corrected chi connectivity index (χ3v) is 5.74. The predicted octanol–water partition coefficient (Wildman–Crippen LogP) is 2.40. The molecular formula is C17H22N2O4S. The molecule has 0 saturated carbocycles. The summed E-state index contributed by atoms with van der Waals surface area (Å²) in [7, 11) is -2.20. The molecule has 2 heterocycles. The Hall–Kier alpha value is -1.83. The first kappa shape index (κ1) is 17.0. The Kier molecular flexibility index (Phi) is 5.23. The highest BCUT2D eigenvalue weighted by Gasteiger charge is 2.28. The van der Waals surface area contributed by atoms with Crippen molar-refractivity contribution >= 4 is 10.0 Å². The largest absolute Gasteiger partial charge is 0.495 e. The molecule has 1 aromatic heterocycles. The quantitative estimate of drug-likeness (QED) is 0.830. The molecular weight excluding hydrogens is 328 g/mol. The molecule has 2 aromatic rings. The second kappa shape index (κ2) is 7.38. The van der Waals surface area contributed by atoms with E-state index in [1.54, 1.807) is 30.5 Å². The maximum atomic E-state index is 12.7. The van der Waals surface area contributed by atoms with Crippen LogP contribution in [0.1, 0.15) is 24.6 Å². The van der Waals surface area contributed by atoms with E-state index in [1.165, 1.54) is 7.11 Å². The summed E-state index contributed by atoms with van der Waals surface area (Å²) >= 11 is 0. The molecule has 24 heavy (non-hydrogen) atoms. The Bertz CT molecular complexity index is 753. The van der Waals surface area contributed by atoms with Crippen molar-refractivity contribution < 1.29 is 17.6 Å². The molecule has 1 aromatic carbocycles. The molecule has 1 saturated heterocycles. The van der Waals surface area contributed by atoms with Crippen molar-refractivity contribution in [1.29, 1.82) is 0 Å². The van der Waals surface area contributed by atoms with Gasteiger partial charge in [-0.3, -0.25) is 4.90 Å². The minimum Gasteiger partial charge on any atom is -0.495 e. The molecule has 1 aliphatic heterocycles. The summed E-state index contributed by atoms with van der Waals surface area (Å²) in [5, 5.41) is 0. The van der Waals surface area contributed by atoms with E-state index in [0.717, 1.165) is 31.7 Å². The van der Waals surface area contributed by atoms with Gasteiger partial charge in [0.15, 0.2) is 0 Å². The predicted molar refractivity (Wildman–Crippen MR) is 90.4 cm³/mol. The molecule has 1 fully saturated rings. The highest BCUT2D eigenvalue weighted by molar-refractivity contribution is 7.89. The Morgan fingerprint density at radius 2 is 1.96 bits per heavy atom. The Balaban J connectivity index is 1.78. The molecule has 6 nitrogen and oxygen atoms in total. The van der Waals surface area contributed by atoms with Crippen LogP contribution in [0.4, 0.5) is 0 Å². The number of ether oxygens (including phenoxy) is 1. The van der Waals surface area contributed by atoms with E-state index in [-0.39, 0.29) is 17.5 Å². The lowest BCUT2D eigenvalue weighted by atomic mass is 10.2. The lowest BCUT2D eigenvalue weighted by Crippen LogP contribution is -2.36. The Labute approximate surface area is 142 Å². The highest BCUT2D eigenvalue weighted by Crippen LogP contribution is 2.27. The molecule has 0 aliphatic carbocycles. The fraction of sp³-hybridized carbons (Fsp3) is 0.412. The van der Waals surface area contributed by atoms with Crippen molar-refractivity contribution in [2.75, 3.05) is 26.7 Å². The molecule has 1 N–H and O–H groups in total. The molecule has 0 bridgehead atoms. The zero-order valence-corrected chi connectivity index (χ0v) is 14.5. The first-order valence-corrected chi connectivity index (χ1v) is 9.50. The molecule has 1 aliphatic rings. The van der Waals surface area contributed by atoms with Crippen LogP contribution < -0.4 is 9.46 Å². The van der Waals surface area contributed by atoms with Crippen molar-refractivity contribution in [3.05, 3.63) is 48.4 Å². The van der Waals surface area contributed by atoms with E-state index in [2.05, 4.69) is 9.62 Å². The number of nitrogens with zero attached hydrogens (tertiary/aromatic N) is 1. The highest BCUT2D eigenvalue weighted by atomic mass is 32.2. The van der Waals surface area contributed by atoms with Gasteiger partial charge in [0.25, 0.3) is 0 Å². The summed E-state index contributed by atoms with van der Waals surface area (Å²) in [6.07, 6.45) is 3.86. The van der Waals surface area contributed by atoms with Crippen LogP contribution in [0.5, 0.6) is 5.75 Å². The van der Waals surface area contributed by atoms with Crippen molar-refractivity contribution in [2.24, 2.45) is 0 Å².